The summed E-state index contributed by atoms with van der Waals surface area (Å²) in [6, 6.07) is 16.2. The molecule has 31 heavy (non-hydrogen) atoms. The second-order valence-corrected chi connectivity index (χ2v) is 9.17. The molecule has 0 bridgehead atoms. The van der Waals surface area contributed by atoms with Crippen molar-refractivity contribution in [2.45, 2.75) is 36.2 Å². The SMILES string of the molecule is CSc1cccc(NC(=O)Cn2c(SCc3cc(C)ccc3C)nc3ccncc32)c1. The molecule has 4 aromatic rings. The van der Waals surface area contributed by atoms with Crippen molar-refractivity contribution in [2.75, 3.05) is 11.6 Å². The monoisotopic (exact) mass is 448 g/mol. The fraction of sp³-hybridized carbons (Fsp3) is 0.208. The van der Waals surface area contributed by atoms with Gasteiger partial charge < -0.3 is 9.88 Å². The molecule has 0 aliphatic rings. The summed E-state index contributed by atoms with van der Waals surface area (Å²) in [6.07, 6.45) is 5.52. The lowest BCUT2D eigenvalue weighted by Crippen LogP contribution is -2.19. The molecule has 0 aliphatic heterocycles. The molecule has 2 aromatic heterocycles. The van der Waals surface area contributed by atoms with Gasteiger partial charge in [-0.1, -0.05) is 41.6 Å². The number of amides is 1. The number of benzene rings is 2. The number of pyridine rings is 1. The van der Waals surface area contributed by atoms with Crippen LogP contribution in [0.3, 0.4) is 0 Å². The lowest BCUT2D eigenvalue weighted by molar-refractivity contribution is -0.116. The van der Waals surface area contributed by atoms with E-state index in [4.69, 9.17) is 4.98 Å². The van der Waals surface area contributed by atoms with Crippen LogP contribution in [0.15, 0.2) is 71.0 Å². The molecule has 0 spiro atoms. The molecule has 5 nitrogen and oxygen atoms in total. The van der Waals surface area contributed by atoms with Crippen LogP contribution in [0.4, 0.5) is 5.69 Å². The highest BCUT2D eigenvalue weighted by Crippen LogP contribution is 2.28. The Bertz CT molecular complexity index is 1240. The molecule has 1 amide bonds. The lowest BCUT2D eigenvalue weighted by Gasteiger charge is -2.11. The van der Waals surface area contributed by atoms with Gasteiger partial charge in [-0.25, -0.2) is 4.98 Å². The van der Waals surface area contributed by atoms with E-state index < -0.39 is 0 Å². The highest BCUT2D eigenvalue weighted by atomic mass is 32.2. The molecular weight excluding hydrogens is 424 g/mol. The van der Waals surface area contributed by atoms with Gasteiger partial charge in [-0.3, -0.25) is 9.78 Å². The number of imidazole rings is 1. The predicted molar refractivity (Wildman–Crippen MR) is 130 cm³/mol. The number of nitrogens with zero attached hydrogens (tertiary/aromatic N) is 3. The number of carbonyl (C=O) groups excluding carboxylic acids is 1. The molecule has 0 fully saturated rings. The Morgan fingerprint density at radius 3 is 2.84 bits per heavy atom. The van der Waals surface area contributed by atoms with E-state index in [1.54, 1.807) is 35.9 Å². The minimum Gasteiger partial charge on any atom is -0.324 e. The Labute approximate surface area is 190 Å². The third-order valence-electron chi connectivity index (χ3n) is 5.03. The fourth-order valence-electron chi connectivity index (χ4n) is 3.35. The molecule has 1 N–H and O–H groups in total. The summed E-state index contributed by atoms with van der Waals surface area (Å²) in [6.45, 7) is 4.41. The number of thioether (sulfide) groups is 2. The van der Waals surface area contributed by atoms with Gasteiger partial charge in [0.15, 0.2) is 5.16 Å². The first-order valence-electron chi connectivity index (χ1n) is 9.96. The quantitative estimate of drug-likeness (QED) is 0.368. The Balaban J connectivity index is 1.57. The zero-order valence-electron chi connectivity index (χ0n) is 17.8. The van der Waals surface area contributed by atoms with Crippen LogP contribution in [0.25, 0.3) is 11.0 Å². The minimum atomic E-state index is -0.0880. The van der Waals surface area contributed by atoms with E-state index in [-0.39, 0.29) is 12.5 Å². The molecule has 0 saturated carbocycles. The van der Waals surface area contributed by atoms with Crippen LogP contribution in [0.5, 0.6) is 0 Å². The number of rotatable bonds is 7. The van der Waals surface area contributed by atoms with Gasteiger partial charge in [-0.15, -0.1) is 11.8 Å². The van der Waals surface area contributed by atoms with E-state index in [9.17, 15) is 4.79 Å². The van der Waals surface area contributed by atoms with Gasteiger partial charge in [0, 0.05) is 22.5 Å². The van der Waals surface area contributed by atoms with Crippen LogP contribution in [-0.4, -0.2) is 26.7 Å². The number of hydrogen-bond donors (Lipinski definition) is 1. The number of nitrogens with one attached hydrogen (secondary N) is 1. The van der Waals surface area contributed by atoms with Crippen LogP contribution in [0.1, 0.15) is 16.7 Å². The molecule has 158 valence electrons. The Morgan fingerprint density at radius 1 is 1.13 bits per heavy atom. The number of anilines is 1. The van der Waals surface area contributed by atoms with Crippen molar-refractivity contribution in [3.63, 3.8) is 0 Å². The molecule has 0 saturated heterocycles. The maximum Gasteiger partial charge on any atom is 0.244 e. The summed E-state index contributed by atoms with van der Waals surface area (Å²) in [7, 11) is 0. The van der Waals surface area contributed by atoms with Crippen LogP contribution < -0.4 is 5.32 Å². The summed E-state index contributed by atoms with van der Waals surface area (Å²) in [5.41, 5.74) is 6.28. The zero-order valence-corrected chi connectivity index (χ0v) is 19.4. The molecule has 4 rings (SSSR count). The van der Waals surface area contributed by atoms with Gasteiger partial charge in [0.1, 0.15) is 6.54 Å². The summed E-state index contributed by atoms with van der Waals surface area (Å²) < 4.78 is 1.95. The van der Waals surface area contributed by atoms with E-state index in [0.717, 1.165) is 32.5 Å². The molecule has 0 unspecified atom stereocenters. The first-order valence-corrected chi connectivity index (χ1v) is 12.2. The molecule has 0 aliphatic carbocycles. The number of hydrogen-bond acceptors (Lipinski definition) is 5. The van der Waals surface area contributed by atoms with E-state index in [1.165, 1.54) is 16.7 Å². The van der Waals surface area contributed by atoms with E-state index >= 15 is 0 Å². The zero-order chi connectivity index (χ0) is 21.8. The standard InChI is InChI=1S/C24H24N4OS2/c1-16-7-8-17(2)18(11-16)15-31-24-27-21-9-10-25-13-22(21)28(24)14-23(29)26-19-5-4-6-20(12-19)30-3/h4-13H,14-15H2,1-3H3,(H,26,29). The Kier molecular flexibility index (Phi) is 6.63. The highest BCUT2D eigenvalue weighted by Gasteiger charge is 2.15. The smallest absolute Gasteiger partial charge is 0.244 e. The minimum absolute atomic E-state index is 0.0880. The maximum absolute atomic E-state index is 12.9. The normalized spacial score (nSPS) is 11.1. The summed E-state index contributed by atoms with van der Waals surface area (Å²) in [4.78, 5) is 23.0. The molecule has 2 heterocycles. The third kappa shape index (κ3) is 5.11. The number of carbonyl (C=O) groups is 1. The average Bonchev–Trinajstić information content (AvgIpc) is 3.11. The van der Waals surface area contributed by atoms with Gasteiger partial charge in [0.2, 0.25) is 5.91 Å². The van der Waals surface area contributed by atoms with Crippen molar-refractivity contribution >= 4 is 46.2 Å². The number of aryl methyl sites for hydroxylation is 2. The molecule has 7 heteroatoms. The fourth-order valence-corrected chi connectivity index (χ4v) is 4.89. The molecule has 0 radical (unpaired) electrons. The van der Waals surface area contributed by atoms with Crippen LogP contribution in [0, 0.1) is 13.8 Å². The van der Waals surface area contributed by atoms with Gasteiger partial charge in [-0.05, 0) is 55.5 Å². The molecule has 0 atom stereocenters. The Morgan fingerprint density at radius 2 is 2.00 bits per heavy atom. The number of fused-ring (bicyclic) bond motifs is 1. The summed E-state index contributed by atoms with van der Waals surface area (Å²) in [5.74, 6) is 0.705. The van der Waals surface area contributed by atoms with Crippen LogP contribution in [-0.2, 0) is 17.1 Å². The first kappa shape index (κ1) is 21.5. The second-order valence-electron chi connectivity index (χ2n) is 7.34. The highest BCUT2D eigenvalue weighted by molar-refractivity contribution is 7.98. The second kappa shape index (κ2) is 9.58. The maximum atomic E-state index is 12.9. The van der Waals surface area contributed by atoms with Gasteiger partial charge in [0.05, 0.1) is 17.2 Å². The first-order chi connectivity index (χ1) is 15.0. The predicted octanol–water partition coefficient (Wildman–Crippen LogP) is 5.70. The van der Waals surface area contributed by atoms with Crippen molar-refractivity contribution < 1.29 is 4.79 Å². The summed E-state index contributed by atoms with van der Waals surface area (Å²) in [5, 5.41) is 3.82. The van der Waals surface area contributed by atoms with Crippen molar-refractivity contribution in [3.05, 3.63) is 77.6 Å². The third-order valence-corrected chi connectivity index (χ3v) is 6.78. The van der Waals surface area contributed by atoms with Crippen LogP contribution >= 0.6 is 23.5 Å². The summed E-state index contributed by atoms with van der Waals surface area (Å²) >= 11 is 3.29. The van der Waals surface area contributed by atoms with E-state index in [0.29, 0.717) is 0 Å². The molecular formula is C24H24N4OS2. The van der Waals surface area contributed by atoms with Gasteiger partial charge >= 0.3 is 0 Å². The van der Waals surface area contributed by atoms with E-state index in [2.05, 4.69) is 42.3 Å². The van der Waals surface area contributed by atoms with Crippen LogP contribution in [0.2, 0.25) is 0 Å². The topological polar surface area (TPSA) is 59.8 Å². The van der Waals surface area contributed by atoms with Crippen molar-refractivity contribution in [1.82, 2.24) is 14.5 Å². The van der Waals surface area contributed by atoms with Crippen molar-refractivity contribution in [1.29, 1.82) is 0 Å². The Hall–Kier alpha value is -2.77. The van der Waals surface area contributed by atoms with E-state index in [1.807, 2.05) is 41.2 Å². The largest absolute Gasteiger partial charge is 0.324 e. The number of aromatic nitrogens is 3. The lowest BCUT2D eigenvalue weighted by atomic mass is 10.1. The van der Waals surface area contributed by atoms with Gasteiger partial charge in [0.25, 0.3) is 0 Å². The average molecular weight is 449 g/mol. The van der Waals surface area contributed by atoms with Crippen molar-refractivity contribution in [3.8, 4) is 0 Å². The van der Waals surface area contributed by atoms with Crippen molar-refractivity contribution in [2.24, 2.45) is 0 Å². The van der Waals surface area contributed by atoms with Gasteiger partial charge in [-0.2, -0.15) is 0 Å². The molecule has 2 aromatic carbocycles.